The zero-order valence-corrected chi connectivity index (χ0v) is 20.4. The number of nitrogens with one attached hydrogen (secondary N) is 2. The maximum absolute atomic E-state index is 13.1. The number of anilines is 2. The molecular formula is C24H31N5O4S. The number of benzene rings is 1. The summed E-state index contributed by atoms with van der Waals surface area (Å²) in [6.07, 6.45) is 7.61. The highest BCUT2D eigenvalue weighted by molar-refractivity contribution is 7.89. The van der Waals surface area contributed by atoms with Crippen molar-refractivity contribution in [3.63, 3.8) is 0 Å². The van der Waals surface area contributed by atoms with Gasteiger partial charge in [-0.15, -0.1) is 0 Å². The number of aliphatic hydroxyl groups excluding tert-OH is 1. The van der Waals surface area contributed by atoms with Gasteiger partial charge in [-0.3, -0.25) is 9.48 Å². The van der Waals surface area contributed by atoms with Crippen LogP contribution < -0.4 is 10.9 Å². The minimum atomic E-state index is -3.65. The molecule has 1 aliphatic heterocycles. The van der Waals surface area contributed by atoms with E-state index in [0.717, 1.165) is 31.2 Å². The summed E-state index contributed by atoms with van der Waals surface area (Å²) in [7, 11) is -3.65. The Bertz CT molecular complexity index is 1390. The van der Waals surface area contributed by atoms with Crippen LogP contribution in [-0.4, -0.2) is 44.7 Å². The fourth-order valence-corrected chi connectivity index (χ4v) is 7.24. The number of hydrogen-bond acceptors (Lipinski definition) is 6. The van der Waals surface area contributed by atoms with E-state index < -0.39 is 15.6 Å². The van der Waals surface area contributed by atoms with E-state index in [1.54, 1.807) is 18.3 Å². The molecule has 2 aliphatic rings. The Labute approximate surface area is 198 Å². The molecule has 10 heteroatoms. The third-order valence-corrected chi connectivity index (χ3v) is 9.31. The van der Waals surface area contributed by atoms with Crippen molar-refractivity contribution < 1.29 is 13.5 Å². The number of fused-ring (bicyclic) bond motifs is 2. The number of aromatic nitrogens is 3. The minimum absolute atomic E-state index is 0.0898. The van der Waals surface area contributed by atoms with Crippen LogP contribution in [0.2, 0.25) is 0 Å². The highest BCUT2D eigenvalue weighted by Gasteiger charge is 2.43. The van der Waals surface area contributed by atoms with Gasteiger partial charge in [0.25, 0.3) is 5.56 Å². The molecule has 0 amide bonds. The molecule has 1 fully saturated rings. The monoisotopic (exact) mass is 485 g/mol. The van der Waals surface area contributed by atoms with Crippen molar-refractivity contribution in [1.29, 1.82) is 0 Å². The Balaban J connectivity index is 1.51. The Morgan fingerprint density at radius 2 is 1.97 bits per heavy atom. The Kier molecular flexibility index (Phi) is 5.78. The second kappa shape index (κ2) is 8.51. The van der Waals surface area contributed by atoms with Crippen LogP contribution in [0.5, 0.6) is 0 Å². The van der Waals surface area contributed by atoms with Crippen LogP contribution in [0.15, 0.2) is 40.2 Å². The minimum Gasteiger partial charge on any atom is -0.396 e. The first-order chi connectivity index (χ1) is 16.2. The summed E-state index contributed by atoms with van der Waals surface area (Å²) in [4.78, 5) is 15.7. The van der Waals surface area contributed by atoms with Crippen molar-refractivity contribution in [1.82, 2.24) is 19.1 Å². The maximum Gasteiger partial charge on any atom is 0.261 e. The standard InChI is InChI=1S/C24H31N5O4S/c1-24(2,11-13-30)28-15-16-14-17(8-9-20(16)34(28,32)33)26-22-21-19(10-12-25-23(21)31)29(27-22)18-6-4-3-5-7-18/h8-10,12,14,18,30H,3-7,11,13,15H2,1-2H3,(H,25,31)(H,26,27). The lowest BCUT2D eigenvalue weighted by Crippen LogP contribution is -2.44. The number of hydrogen-bond donors (Lipinski definition) is 3. The van der Waals surface area contributed by atoms with E-state index in [1.807, 2.05) is 30.7 Å². The molecule has 0 atom stereocenters. The quantitative estimate of drug-likeness (QED) is 0.490. The summed E-state index contributed by atoms with van der Waals surface area (Å²) in [5.74, 6) is 0.473. The lowest BCUT2D eigenvalue weighted by molar-refractivity contribution is 0.165. The van der Waals surface area contributed by atoms with Crippen LogP contribution in [0, 0.1) is 0 Å². The molecule has 34 heavy (non-hydrogen) atoms. The first kappa shape index (κ1) is 23.1. The van der Waals surface area contributed by atoms with E-state index in [-0.39, 0.29) is 29.6 Å². The molecular weight excluding hydrogens is 454 g/mol. The number of nitrogens with zero attached hydrogens (tertiary/aromatic N) is 3. The summed E-state index contributed by atoms with van der Waals surface area (Å²) >= 11 is 0. The van der Waals surface area contributed by atoms with Crippen molar-refractivity contribution in [3.8, 4) is 0 Å². The number of aromatic amines is 1. The van der Waals surface area contributed by atoms with Crippen molar-refractivity contribution in [3.05, 3.63) is 46.4 Å². The summed E-state index contributed by atoms with van der Waals surface area (Å²) in [6.45, 7) is 3.79. The van der Waals surface area contributed by atoms with Crippen LogP contribution in [0.4, 0.5) is 11.5 Å². The van der Waals surface area contributed by atoms with E-state index in [9.17, 15) is 18.3 Å². The number of pyridine rings is 1. The smallest absolute Gasteiger partial charge is 0.261 e. The number of aliphatic hydroxyl groups is 1. The van der Waals surface area contributed by atoms with E-state index in [4.69, 9.17) is 5.10 Å². The molecule has 1 saturated carbocycles. The van der Waals surface area contributed by atoms with Crippen LogP contribution in [0.3, 0.4) is 0 Å². The van der Waals surface area contributed by atoms with Gasteiger partial charge in [-0.05, 0) is 62.9 Å². The third kappa shape index (κ3) is 3.83. The molecule has 1 aromatic carbocycles. The predicted octanol–water partition coefficient (Wildman–Crippen LogP) is 3.64. The molecule has 0 bridgehead atoms. The van der Waals surface area contributed by atoms with Crippen molar-refractivity contribution in [2.24, 2.45) is 0 Å². The lowest BCUT2D eigenvalue weighted by atomic mass is 9.95. The fraction of sp³-hybridized carbons (Fsp3) is 0.500. The summed E-state index contributed by atoms with van der Waals surface area (Å²) in [6, 6.07) is 7.28. The highest BCUT2D eigenvalue weighted by Crippen LogP contribution is 2.39. The van der Waals surface area contributed by atoms with Gasteiger partial charge in [-0.1, -0.05) is 19.3 Å². The Morgan fingerprint density at radius 3 is 2.71 bits per heavy atom. The number of H-pyrrole nitrogens is 1. The van der Waals surface area contributed by atoms with E-state index >= 15 is 0 Å². The van der Waals surface area contributed by atoms with Crippen molar-refractivity contribution in [2.75, 3.05) is 11.9 Å². The zero-order chi connectivity index (χ0) is 24.1. The molecule has 0 unspecified atom stereocenters. The number of sulfonamides is 1. The van der Waals surface area contributed by atoms with Crippen LogP contribution >= 0.6 is 0 Å². The molecule has 1 aliphatic carbocycles. The van der Waals surface area contributed by atoms with Crippen LogP contribution in [0.25, 0.3) is 10.9 Å². The molecule has 3 aromatic rings. The molecule has 3 heterocycles. The molecule has 9 nitrogen and oxygen atoms in total. The zero-order valence-electron chi connectivity index (χ0n) is 19.5. The fourth-order valence-electron chi connectivity index (χ4n) is 5.26. The summed E-state index contributed by atoms with van der Waals surface area (Å²) in [5.41, 5.74) is 1.25. The molecule has 2 aromatic heterocycles. The second-order valence-electron chi connectivity index (χ2n) is 9.90. The summed E-state index contributed by atoms with van der Waals surface area (Å²) in [5, 5.41) is 18.0. The summed E-state index contributed by atoms with van der Waals surface area (Å²) < 4.78 is 29.7. The van der Waals surface area contributed by atoms with Gasteiger partial charge < -0.3 is 15.4 Å². The maximum atomic E-state index is 13.1. The van der Waals surface area contributed by atoms with Crippen LogP contribution in [0.1, 0.15) is 64.0 Å². The van der Waals surface area contributed by atoms with Gasteiger partial charge in [0.2, 0.25) is 10.0 Å². The van der Waals surface area contributed by atoms with Gasteiger partial charge in [-0.25, -0.2) is 8.42 Å². The largest absolute Gasteiger partial charge is 0.396 e. The third-order valence-electron chi connectivity index (χ3n) is 7.15. The van der Waals surface area contributed by atoms with Crippen LogP contribution in [-0.2, 0) is 16.6 Å². The first-order valence-corrected chi connectivity index (χ1v) is 13.3. The average molecular weight is 486 g/mol. The molecule has 0 spiro atoms. The van der Waals surface area contributed by atoms with Gasteiger partial charge in [0.15, 0.2) is 5.82 Å². The molecule has 0 saturated heterocycles. The SMILES string of the molecule is CC(C)(CCO)N1Cc2cc(Nc3nn(C4CCCCC4)c4cc[nH]c(=O)c34)ccc2S1(=O)=O. The van der Waals surface area contributed by atoms with Crippen molar-refractivity contribution in [2.45, 2.75) is 75.4 Å². The van der Waals surface area contributed by atoms with Gasteiger partial charge in [-0.2, -0.15) is 9.40 Å². The molecule has 3 N–H and O–H groups in total. The highest BCUT2D eigenvalue weighted by atomic mass is 32.2. The molecule has 182 valence electrons. The number of rotatable bonds is 6. The topological polar surface area (TPSA) is 120 Å². The van der Waals surface area contributed by atoms with Gasteiger partial charge in [0.1, 0.15) is 5.39 Å². The first-order valence-electron chi connectivity index (χ1n) is 11.9. The Hall–Kier alpha value is -2.69. The van der Waals surface area contributed by atoms with Gasteiger partial charge in [0, 0.05) is 30.6 Å². The van der Waals surface area contributed by atoms with Gasteiger partial charge in [0.05, 0.1) is 16.5 Å². The van der Waals surface area contributed by atoms with E-state index in [0.29, 0.717) is 28.9 Å². The normalized spacial score (nSPS) is 18.9. The average Bonchev–Trinajstić information content (AvgIpc) is 3.30. The van der Waals surface area contributed by atoms with E-state index in [1.165, 1.54) is 10.7 Å². The molecule has 5 rings (SSSR count). The van der Waals surface area contributed by atoms with E-state index in [2.05, 4.69) is 10.3 Å². The predicted molar refractivity (Wildman–Crippen MR) is 131 cm³/mol. The van der Waals surface area contributed by atoms with Crippen molar-refractivity contribution >= 4 is 32.4 Å². The molecule has 0 radical (unpaired) electrons. The Morgan fingerprint density at radius 1 is 1.21 bits per heavy atom. The second-order valence-corrected chi connectivity index (χ2v) is 11.7. The lowest BCUT2D eigenvalue weighted by Gasteiger charge is -2.33. The van der Waals surface area contributed by atoms with Gasteiger partial charge >= 0.3 is 0 Å².